The predicted molar refractivity (Wildman–Crippen MR) is 168 cm³/mol. The fourth-order valence-corrected chi connectivity index (χ4v) is 6.59. The number of nitrogens with one attached hydrogen (secondary N) is 2. The van der Waals surface area contributed by atoms with Crippen LogP contribution < -0.4 is 10.6 Å². The topological polar surface area (TPSA) is 131 Å². The van der Waals surface area contributed by atoms with Gasteiger partial charge in [0, 0.05) is 40.7 Å². The van der Waals surface area contributed by atoms with Crippen LogP contribution in [0.1, 0.15) is 67.6 Å². The Morgan fingerprint density at radius 1 is 1.11 bits per heavy atom. The molecule has 9 nitrogen and oxygen atoms in total. The third-order valence-electron chi connectivity index (χ3n) is 7.95. The highest BCUT2D eigenvalue weighted by Crippen LogP contribution is 2.40. The number of aliphatic hydroxyl groups excluding tert-OH is 1. The number of ketones is 1. The largest absolute Gasteiger partial charge is 0.462 e. The van der Waals surface area contributed by atoms with Crippen molar-refractivity contribution >= 4 is 41.0 Å². The number of fused-ring (bicyclic) bond motifs is 1. The van der Waals surface area contributed by atoms with Crippen molar-refractivity contribution in [2.45, 2.75) is 58.2 Å². The number of thiazole rings is 1. The minimum Gasteiger partial charge on any atom is -0.462 e. The van der Waals surface area contributed by atoms with Gasteiger partial charge in [-0.25, -0.2) is 19.6 Å². The van der Waals surface area contributed by atoms with E-state index in [9.17, 15) is 32.7 Å². The Balaban J connectivity index is 1.65. The van der Waals surface area contributed by atoms with Crippen LogP contribution in [0.15, 0.2) is 53.1 Å². The highest BCUT2D eigenvalue weighted by Gasteiger charge is 2.34. The molecule has 3 N–H and O–H groups in total. The second kappa shape index (κ2) is 14.0. The zero-order valence-electron chi connectivity index (χ0n) is 25.2. The van der Waals surface area contributed by atoms with Gasteiger partial charge in [-0.2, -0.15) is 13.2 Å². The number of aliphatic hydroxyl groups is 1. The molecule has 2 heterocycles. The Kier molecular flexibility index (Phi) is 10.0. The molecule has 1 saturated carbocycles. The van der Waals surface area contributed by atoms with E-state index in [1.54, 1.807) is 38.1 Å². The first-order valence-electron chi connectivity index (χ1n) is 15.0. The molecule has 2 aliphatic rings. The number of anilines is 1. The van der Waals surface area contributed by atoms with Crippen molar-refractivity contribution in [3.63, 3.8) is 0 Å². The number of amides is 2. The molecule has 242 valence electrons. The number of esters is 1. The number of hydrogen-bond acceptors (Lipinski definition) is 8. The predicted octanol–water partition coefficient (Wildman–Crippen LogP) is 7.04. The molecule has 13 heteroatoms. The summed E-state index contributed by atoms with van der Waals surface area (Å²) in [5, 5.41) is 16.9. The van der Waals surface area contributed by atoms with E-state index in [4.69, 9.17) is 4.74 Å². The average Bonchev–Trinajstić information content (AvgIpc) is 3.52. The Morgan fingerprint density at radius 2 is 1.89 bits per heavy atom. The Morgan fingerprint density at radius 3 is 2.59 bits per heavy atom. The Labute approximate surface area is 267 Å². The van der Waals surface area contributed by atoms with Crippen LogP contribution >= 0.6 is 11.3 Å². The zero-order valence-corrected chi connectivity index (χ0v) is 26.1. The van der Waals surface area contributed by atoms with Gasteiger partial charge < -0.3 is 15.2 Å². The number of halogens is 3. The lowest BCUT2D eigenvalue weighted by Crippen LogP contribution is -2.28. The van der Waals surface area contributed by atoms with Gasteiger partial charge in [0.1, 0.15) is 16.4 Å². The molecule has 0 radical (unpaired) electrons. The van der Waals surface area contributed by atoms with Crippen LogP contribution in [-0.2, 0) is 15.7 Å². The van der Waals surface area contributed by atoms with Gasteiger partial charge in [0.05, 0.1) is 12.7 Å². The van der Waals surface area contributed by atoms with Gasteiger partial charge >= 0.3 is 18.2 Å². The van der Waals surface area contributed by atoms with Crippen LogP contribution in [0.5, 0.6) is 0 Å². The number of aromatic nitrogens is 2. The maximum Gasteiger partial charge on any atom is 0.434 e. The molecule has 0 spiro atoms. The van der Waals surface area contributed by atoms with Crippen LogP contribution in [0, 0.1) is 5.92 Å². The summed E-state index contributed by atoms with van der Waals surface area (Å²) < 4.78 is 45.7. The second-order valence-corrected chi connectivity index (χ2v) is 11.8. The van der Waals surface area contributed by atoms with Gasteiger partial charge in [0.2, 0.25) is 5.78 Å². The lowest BCUT2D eigenvalue weighted by molar-refractivity contribution is -0.140. The lowest BCUT2D eigenvalue weighted by Gasteiger charge is -2.30. The van der Waals surface area contributed by atoms with Crippen molar-refractivity contribution in [1.29, 1.82) is 0 Å². The summed E-state index contributed by atoms with van der Waals surface area (Å²) in [5.74, 6) is -1.38. The van der Waals surface area contributed by atoms with E-state index < -0.39 is 35.8 Å². The smallest absolute Gasteiger partial charge is 0.434 e. The third-order valence-corrected chi connectivity index (χ3v) is 8.82. The normalized spacial score (nSPS) is 20.7. The summed E-state index contributed by atoms with van der Waals surface area (Å²) in [4.78, 5) is 47.1. The highest BCUT2D eigenvalue weighted by molar-refractivity contribution is 7.13. The van der Waals surface area contributed by atoms with Gasteiger partial charge in [0.25, 0.3) is 0 Å². The maximum atomic E-state index is 13.9. The quantitative estimate of drug-likeness (QED) is 0.184. The van der Waals surface area contributed by atoms with E-state index in [0.717, 1.165) is 41.6 Å². The molecular weight excluding hydrogens is 621 g/mol. The van der Waals surface area contributed by atoms with E-state index in [-0.39, 0.29) is 40.1 Å². The van der Waals surface area contributed by atoms with Crippen molar-refractivity contribution in [3.8, 4) is 21.7 Å². The summed E-state index contributed by atoms with van der Waals surface area (Å²) in [5.41, 5.74) is 1.46. The van der Waals surface area contributed by atoms with Crippen LogP contribution in [0.3, 0.4) is 0 Å². The van der Waals surface area contributed by atoms with Crippen molar-refractivity contribution in [2.75, 3.05) is 18.5 Å². The molecule has 2 aromatic heterocycles. The number of Topliss-reactive ketones (excluding diaryl/α,β-unsaturated/α-hetero) is 1. The van der Waals surface area contributed by atoms with Crippen molar-refractivity contribution in [3.05, 3.63) is 69.9 Å². The molecule has 1 aromatic carbocycles. The third kappa shape index (κ3) is 7.20. The van der Waals surface area contributed by atoms with E-state index >= 15 is 0 Å². The number of urea groups is 1. The number of rotatable bonds is 7. The number of ether oxygens (including phenoxy) is 1. The SMILES string of the molecule is CCNC(=O)Nc1cc(-c2nc(C(F)(F)F)cs2)c(-c2ccc3c(c2)C(=O)/C(C(=O)OCC)=C\C/C([C@@H]2CCCC[C@H]2O)=C/3)cn1. The molecule has 5 rings (SSSR count). The maximum absolute atomic E-state index is 13.9. The van der Waals surface area contributed by atoms with Gasteiger partial charge in [-0.1, -0.05) is 42.7 Å². The van der Waals surface area contributed by atoms with Gasteiger partial charge in [-0.15, -0.1) is 11.3 Å². The number of nitrogens with zero attached hydrogens (tertiary/aromatic N) is 2. The molecule has 2 amide bonds. The molecule has 0 bridgehead atoms. The summed E-state index contributed by atoms with van der Waals surface area (Å²) in [6, 6.07) is 5.87. The lowest BCUT2D eigenvalue weighted by atomic mass is 9.78. The monoisotopic (exact) mass is 654 g/mol. The molecule has 0 aliphatic heterocycles. The molecule has 2 aliphatic carbocycles. The molecule has 1 fully saturated rings. The second-order valence-electron chi connectivity index (χ2n) is 11.0. The van der Waals surface area contributed by atoms with Crippen molar-refractivity contribution in [1.82, 2.24) is 15.3 Å². The fourth-order valence-electron chi connectivity index (χ4n) is 5.73. The minimum absolute atomic E-state index is 0.0299. The molecule has 46 heavy (non-hydrogen) atoms. The van der Waals surface area contributed by atoms with Gasteiger partial charge in [0.15, 0.2) is 5.69 Å². The van der Waals surface area contributed by atoms with Crippen molar-refractivity contribution < 1.29 is 37.4 Å². The van der Waals surface area contributed by atoms with Crippen LogP contribution in [0.25, 0.3) is 27.8 Å². The van der Waals surface area contributed by atoms with E-state index in [1.165, 1.54) is 12.3 Å². The summed E-state index contributed by atoms with van der Waals surface area (Å²) in [7, 11) is 0. The number of hydrogen-bond donors (Lipinski definition) is 3. The molecular formula is C33H33F3N4O5S. The van der Waals surface area contributed by atoms with Gasteiger partial charge in [-0.05, 0) is 56.4 Å². The zero-order chi connectivity index (χ0) is 33.0. The Bertz CT molecular complexity index is 1720. The van der Waals surface area contributed by atoms with Gasteiger partial charge in [-0.3, -0.25) is 10.1 Å². The van der Waals surface area contributed by atoms with Crippen LogP contribution in [-0.4, -0.2) is 52.1 Å². The van der Waals surface area contributed by atoms with E-state index in [0.29, 0.717) is 36.1 Å². The minimum atomic E-state index is -4.66. The first-order valence-corrected chi connectivity index (χ1v) is 15.9. The van der Waals surface area contributed by atoms with E-state index in [1.807, 2.05) is 6.08 Å². The number of alkyl halides is 3. The summed E-state index contributed by atoms with van der Waals surface area (Å²) in [6.45, 7) is 3.79. The molecule has 0 unspecified atom stereocenters. The summed E-state index contributed by atoms with van der Waals surface area (Å²) >= 11 is 0.780. The average molecular weight is 655 g/mol. The number of allylic oxidation sites excluding steroid dienone is 1. The van der Waals surface area contributed by atoms with Crippen LogP contribution in [0.2, 0.25) is 0 Å². The standard InChI is InChI=1S/C33H33F3N4O5S/c1-3-37-32(44)40-28-15-24(30-39-27(17-46-30)33(34,35)36)25(16-38-28)20-10-9-19-13-18(21-7-5-6-8-26(21)41)11-12-22(31(43)45-4-2)29(42)23(19)14-20/h9-10,12-17,21,26,41H,3-8,11H2,1-2H3,(H2,37,38,40,44)/b18-13-,22-12+/t21-,26+/m0/s1. The number of carbonyl (C=O) groups excluding carboxylic acids is 3. The number of benzene rings is 1. The van der Waals surface area contributed by atoms with E-state index in [2.05, 4.69) is 20.6 Å². The molecule has 0 saturated heterocycles. The fraction of sp³-hybridized carbons (Fsp3) is 0.364. The number of pyridine rings is 1. The molecule has 3 aromatic rings. The number of carbonyl (C=O) groups is 3. The highest BCUT2D eigenvalue weighted by atomic mass is 32.1. The van der Waals surface area contributed by atoms with Crippen molar-refractivity contribution in [2.24, 2.45) is 5.92 Å². The summed E-state index contributed by atoms with van der Waals surface area (Å²) in [6.07, 6.45) is 3.21. The van der Waals surface area contributed by atoms with Crippen LogP contribution in [0.4, 0.5) is 23.8 Å². The molecule has 2 atom stereocenters. The first-order chi connectivity index (χ1) is 22.0. The first kappa shape index (κ1) is 33.0. The Hall–Kier alpha value is -4.36.